The lowest BCUT2D eigenvalue weighted by Crippen LogP contribution is -2.62. The number of halogens is 3. The van der Waals surface area contributed by atoms with Crippen molar-refractivity contribution < 1.29 is 32.6 Å². The van der Waals surface area contributed by atoms with Crippen LogP contribution in [0, 0.1) is 5.41 Å². The normalized spacial score (nSPS) is 34.1. The number of carbonyl (C=O) groups is 2. The Balaban J connectivity index is 2.23. The predicted octanol–water partition coefficient (Wildman–Crippen LogP) is -0.112. The molecule has 2 fully saturated rings. The van der Waals surface area contributed by atoms with E-state index in [-0.39, 0.29) is 26.2 Å². The van der Waals surface area contributed by atoms with Gasteiger partial charge in [-0.1, -0.05) is 0 Å². The fraction of sp³-hybridized carbons (Fsp3) is 0.818. The summed E-state index contributed by atoms with van der Waals surface area (Å²) in [5.74, 6) is -2.69. The molecule has 3 N–H and O–H groups in total. The van der Waals surface area contributed by atoms with Crippen LogP contribution in [-0.2, 0) is 14.3 Å². The Kier molecular flexibility index (Phi) is 3.67. The van der Waals surface area contributed by atoms with Crippen molar-refractivity contribution in [1.82, 2.24) is 10.6 Å². The van der Waals surface area contributed by atoms with Gasteiger partial charge in [0.25, 0.3) is 0 Å². The van der Waals surface area contributed by atoms with Gasteiger partial charge in [-0.15, -0.1) is 0 Å². The van der Waals surface area contributed by atoms with Crippen molar-refractivity contribution in [2.45, 2.75) is 24.6 Å². The van der Waals surface area contributed by atoms with Crippen LogP contribution in [-0.4, -0.2) is 55.0 Å². The molecule has 0 aromatic rings. The molecule has 0 radical (unpaired) electrons. The zero-order valence-electron chi connectivity index (χ0n) is 10.5. The number of alkyl halides is 3. The third-order valence-electron chi connectivity index (χ3n) is 3.92. The van der Waals surface area contributed by atoms with E-state index >= 15 is 0 Å². The van der Waals surface area contributed by atoms with Crippen LogP contribution in [0.25, 0.3) is 0 Å². The van der Waals surface area contributed by atoms with E-state index in [9.17, 15) is 22.8 Å². The molecular weight excluding hydrogens is 281 g/mol. The van der Waals surface area contributed by atoms with Gasteiger partial charge < -0.3 is 20.5 Å². The number of carbonyl (C=O) groups excluding carboxylic acids is 1. The minimum atomic E-state index is -4.74. The third-order valence-corrected chi connectivity index (χ3v) is 3.92. The lowest BCUT2D eigenvalue weighted by Gasteiger charge is -2.33. The van der Waals surface area contributed by atoms with Gasteiger partial charge in [0.2, 0.25) is 5.91 Å². The summed E-state index contributed by atoms with van der Waals surface area (Å²) in [6, 6.07) is 0. The Morgan fingerprint density at radius 2 is 2.00 bits per heavy atom. The summed E-state index contributed by atoms with van der Waals surface area (Å²) in [5, 5.41) is 13.7. The maximum Gasteiger partial charge on any atom is 0.404 e. The molecule has 20 heavy (non-hydrogen) atoms. The molecule has 0 spiro atoms. The summed E-state index contributed by atoms with van der Waals surface area (Å²) in [6.45, 7) is -0.721. The van der Waals surface area contributed by atoms with E-state index < -0.39 is 42.0 Å². The zero-order valence-corrected chi connectivity index (χ0v) is 10.5. The number of ether oxygens (including phenoxy) is 1. The lowest BCUT2D eigenvalue weighted by atomic mass is 9.83. The summed E-state index contributed by atoms with van der Waals surface area (Å²) in [6.07, 6.45) is -5.19. The summed E-state index contributed by atoms with van der Waals surface area (Å²) in [4.78, 5) is 23.3. The molecule has 2 atom stereocenters. The van der Waals surface area contributed by atoms with Gasteiger partial charge in [0.15, 0.2) is 11.0 Å². The average Bonchev–Trinajstić information content (AvgIpc) is 2.97. The summed E-state index contributed by atoms with van der Waals surface area (Å²) < 4.78 is 44.5. The Labute approximate surface area is 112 Å². The number of rotatable bonds is 3. The molecule has 2 heterocycles. The van der Waals surface area contributed by atoms with Gasteiger partial charge in [0.1, 0.15) is 0 Å². The van der Waals surface area contributed by atoms with Crippen molar-refractivity contribution in [2.75, 3.05) is 26.3 Å². The maximum absolute atomic E-state index is 13.2. The highest BCUT2D eigenvalue weighted by atomic mass is 19.4. The molecule has 2 unspecified atom stereocenters. The number of carboxylic acids is 1. The first-order valence-electron chi connectivity index (χ1n) is 6.15. The van der Waals surface area contributed by atoms with Crippen molar-refractivity contribution in [1.29, 1.82) is 0 Å². The van der Waals surface area contributed by atoms with Crippen LogP contribution < -0.4 is 10.6 Å². The van der Waals surface area contributed by atoms with E-state index in [1.165, 1.54) is 0 Å². The number of hydrogen-bond acceptors (Lipinski definition) is 4. The van der Waals surface area contributed by atoms with Crippen LogP contribution in [0.2, 0.25) is 0 Å². The smallest absolute Gasteiger partial charge is 0.404 e. The first-order valence-corrected chi connectivity index (χ1v) is 6.15. The number of aliphatic carboxylic acids is 1. The van der Waals surface area contributed by atoms with Crippen LogP contribution >= 0.6 is 0 Å². The van der Waals surface area contributed by atoms with E-state index in [0.29, 0.717) is 0 Å². The molecular formula is C11H15F3N2O4. The monoisotopic (exact) mass is 296 g/mol. The maximum atomic E-state index is 13.2. The van der Waals surface area contributed by atoms with Crippen molar-refractivity contribution in [3.63, 3.8) is 0 Å². The number of carboxylic acid groups (broad SMARTS) is 1. The zero-order chi connectivity index (χ0) is 15.0. The number of amides is 1. The van der Waals surface area contributed by atoms with Crippen molar-refractivity contribution in [3.05, 3.63) is 0 Å². The van der Waals surface area contributed by atoms with Gasteiger partial charge in [-0.25, -0.2) is 4.79 Å². The van der Waals surface area contributed by atoms with Crippen LogP contribution in [0.4, 0.5) is 13.2 Å². The van der Waals surface area contributed by atoms with Crippen LogP contribution in [0.15, 0.2) is 0 Å². The van der Waals surface area contributed by atoms with Gasteiger partial charge in [-0.3, -0.25) is 4.79 Å². The van der Waals surface area contributed by atoms with Gasteiger partial charge in [0.05, 0.1) is 6.61 Å². The lowest BCUT2D eigenvalue weighted by molar-refractivity contribution is -0.217. The standard InChI is InChI=1S/C11H15F3N2O4/c12-11(13,14)9(1-3-15-5-9)7(17)16-10(8(18)19)2-4-20-6-10/h15H,1-6H2,(H,16,17)(H,18,19). The van der Waals surface area contributed by atoms with Crippen LogP contribution in [0.1, 0.15) is 12.8 Å². The molecule has 0 aromatic heterocycles. The molecule has 2 rings (SSSR count). The molecule has 0 aromatic carbocycles. The first kappa shape index (κ1) is 15.0. The quantitative estimate of drug-likeness (QED) is 0.676. The van der Waals surface area contributed by atoms with E-state index in [1.54, 1.807) is 0 Å². The molecule has 2 saturated heterocycles. The molecule has 114 valence electrons. The first-order chi connectivity index (χ1) is 9.24. The van der Waals surface area contributed by atoms with Crippen molar-refractivity contribution in [2.24, 2.45) is 5.41 Å². The van der Waals surface area contributed by atoms with Crippen molar-refractivity contribution >= 4 is 11.9 Å². The molecule has 2 aliphatic heterocycles. The minimum absolute atomic E-state index is 0.0462. The van der Waals surface area contributed by atoms with E-state index in [4.69, 9.17) is 9.84 Å². The molecule has 9 heteroatoms. The fourth-order valence-electron chi connectivity index (χ4n) is 2.48. The SMILES string of the molecule is O=C(O)C1(NC(=O)C2(C(F)(F)F)CCNC2)CCOC1. The summed E-state index contributed by atoms with van der Waals surface area (Å²) >= 11 is 0. The van der Waals surface area contributed by atoms with Crippen LogP contribution in [0.3, 0.4) is 0 Å². The third kappa shape index (κ3) is 2.24. The molecule has 0 aliphatic carbocycles. The van der Waals surface area contributed by atoms with Gasteiger partial charge in [-0.2, -0.15) is 13.2 Å². The van der Waals surface area contributed by atoms with Gasteiger partial charge in [0, 0.05) is 19.6 Å². The molecule has 6 nitrogen and oxygen atoms in total. The second-order valence-electron chi connectivity index (χ2n) is 5.15. The Morgan fingerprint density at radius 1 is 1.30 bits per heavy atom. The Hall–Kier alpha value is -1.35. The Bertz CT molecular complexity index is 412. The Morgan fingerprint density at radius 3 is 2.40 bits per heavy atom. The molecule has 0 bridgehead atoms. The van der Waals surface area contributed by atoms with Gasteiger partial charge in [-0.05, 0) is 13.0 Å². The predicted molar refractivity (Wildman–Crippen MR) is 59.9 cm³/mol. The second kappa shape index (κ2) is 4.88. The summed E-state index contributed by atoms with van der Waals surface area (Å²) in [5.41, 5.74) is -4.34. The van der Waals surface area contributed by atoms with E-state index in [2.05, 4.69) is 10.6 Å². The van der Waals surface area contributed by atoms with Gasteiger partial charge >= 0.3 is 12.1 Å². The minimum Gasteiger partial charge on any atom is -0.479 e. The largest absolute Gasteiger partial charge is 0.479 e. The van der Waals surface area contributed by atoms with E-state index in [1.807, 2.05) is 0 Å². The highest BCUT2D eigenvalue weighted by Crippen LogP contribution is 2.43. The molecule has 2 aliphatic rings. The van der Waals surface area contributed by atoms with E-state index in [0.717, 1.165) is 0 Å². The topological polar surface area (TPSA) is 87.7 Å². The highest BCUT2D eigenvalue weighted by Gasteiger charge is 2.63. The highest BCUT2D eigenvalue weighted by molar-refractivity contribution is 5.91. The number of hydrogen-bond donors (Lipinski definition) is 3. The molecule has 0 saturated carbocycles. The summed E-state index contributed by atoms with van der Waals surface area (Å²) in [7, 11) is 0. The van der Waals surface area contributed by atoms with Crippen LogP contribution in [0.5, 0.6) is 0 Å². The average molecular weight is 296 g/mol. The van der Waals surface area contributed by atoms with Crippen molar-refractivity contribution in [3.8, 4) is 0 Å². The molecule has 1 amide bonds. The number of nitrogens with one attached hydrogen (secondary N) is 2. The fourth-order valence-corrected chi connectivity index (χ4v) is 2.48. The second-order valence-corrected chi connectivity index (χ2v) is 5.15.